The second kappa shape index (κ2) is 6.86. The van der Waals surface area contributed by atoms with Crippen molar-refractivity contribution in [1.82, 2.24) is 5.32 Å². The van der Waals surface area contributed by atoms with Crippen molar-refractivity contribution in [3.05, 3.63) is 63.9 Å². The Morgan fingerprint density at radius 1 is 1.25 bits per heavy atom. The maximum Gasteiger partial charge on any atom is 0.126 e. The molecule has 106 valence electrons. The summed E-state index contributed by atoms with van der Waals surface area (Å²) in [7, 11) is 3.51. The van der Waals surface area contributed by atoms with Gasteiger partial charge in [-0.25, -0.2) is 4.39 Å². The van der Waals surface area contributed by atoms with Crippen molar-refractivity contribution in [2.24, 2.45) is 0 Å². The van der Waals surface area contributed by atoms with E-state index in [1.807, 2.05) is 37.4 Å². The maximum atomic E-state index is 13.8. The van der Waals surface area contributed by atoms with Gasteiger partial charge in [0.2, 0.25) is 0 Å². The smallest absolute Gasteiger partial charge is 0.126 e. The predicted molar refractivity (Wildman–Crippen MR) is 82.6 cm³/mol. The molecule has 0 saturated heterocycles. The Morgan fingerprint density at radius 2 is 2.00 bits per heavy atom. The summed E-state index contributed by atoms with van der Waals surface area (Å²) in [6, 6.07) is 12.7. The lowest BCUT2D eigenvalue weighted by Crippen LogP contribution is -2.19. The van der Waals surface area contributed by atoms with E-state index in [9.17, 15) is 4.39 Å². The maximum absolute atomic E-state index is 13.8. The van der Waals surface area contributed by atoms with Crippen LogP contribution in [0.4, 0.5) is 4.39 Å². The van der Waals surface area contributed by atoms with Crippen LogP contribution in [0.25, 0.3) is 0 Å². The van der Waals surface area contributed by atoms with Gasteiger partial charge in [0.1, 0.15) is 11.6 Å². The molecule has 1 unspecified atom stereocenters. The molecule has 0 radical (unpaired) electrons. The van der Waals surface area contributed by atoms with Gasteiger partial charge in [0.05, 0.1) is 7.11 Å². The lowest BCUT2D eigenvalue weighted by molar-refractivity contribution is 0.414. The first-order valence-corrected chi connectivity index (χ1v) is 7.19. The van der Waals surface area contributed by atoms with Gasteiger partial charge in [-0.15, -0.1) is 0 Å². The van der Waals surface area contributed by atoms with Gasteiger partial charge in [-0.3, -0.25) is 0 Å². The van der Waals surface area contributed by atoms with Crippen LogP contribution in [0.3, 0.4) is 0 Å². The average molecular weight is 338 g/mol. The zero-order valence-electron chi connectivity index (χ0n) is 11.5. The lowest BCUT2D eigenvalue weighted by Gasteiger charge is -2.19. The molecule has 4 heteroatoms. The quantitative estimate of drug-likeness (QED) is 0.886. The summed E-state index contributed by atoms with van der Waals surface area (Å²) in [4.78, 5) is 0. The molecule has 20 heavy (non-hydrogen) atoms. The molecule has 2 rings (SSSR count). The molecular formula is C16H17BrFNO. The van der Waals surface area contributed by atoms with Crippen LogP contribution in [0.5, 0.6) is 5.75 Å². The van der Waals surface area contributed by atoms with Crippen molar-refractivity contribution in [2.75, 3.05) is 14.2 Å². The van der Waals surface area contributed by atoms with Crippen molar-refractivity contribution in [1.29, 1.82) is 0 Å². The number of benzene rings is 2. The van der Waals surface area contributed by atoms with Gasteiger partial charge in [-0.1, -0.05) is 40.2 Å². The number of likely N-dealkylation sites (N-methyl/N-ethyl adjacent to an activating group) is 1. The fraction of sp³-hybridized carbons (Fsp3) is 0.250. The summed E-state index contributed by atoms with van der Waals surface area (Å²) in [5.74, 6) is 0.624. The van der Waals surface area contributed by atoms with Gasteiger partial charge in [0.15, 0.2) is 0 Å². The summed E-state index contributed by atoms with van der Waals surface area (Å²) in [5, 5.41) is 3.23. The summed E-state index contributed by atoms with van der Waals surface area (Å²) >= 11 is 3.55. The Hall–Kier alpha value is -1.39. The zero-order chi connectivity index (χ0) is 14.5. The average Bonchev–Trinajstić information content (AvgIpc) is 2.47. The molecule has 1 atom stereocenters. The first-order valence-electron chi connectivity index (χ1n) is 6.39. The Kier molecular flexibility index (Phi) is 5.15. The van der Waals surface area contributed by atoms with E-state index < -0.39 is 0 Å². The van der Waals surface area contributed by atoms with Gasteiger partial charge in [-0.2, -0.15) is 0 Å². The van der Waals surface area contributed by atoms with Crippen LogP contribution in [0.15, 0.2) is 46.9 Å². The fourth-order valence-corrected chi connectivity index (χ4v) is 2.80. The van der Waals surface area contributed by atoms with E-state index >= 15 is 0 Å². The minimum Gasteiger partial charge on any atom is -0.497 e. The molecule has 0 fully saturated rings. The number of methoxy groups -OCH3 is 1. The molecule has 0 aliphatic heterocycles. The largest absolute Gasteiger partial charge is 0.497 e. The molecule has 0 amide bonds. The predicted octanol–water partition coefficient (Wildman–Crippen LogP) is 4.10. The van der Waals surface area contributed by atoms with E-state index in [0.717, 1.165) is 15.8 Å². The van der Waals surface area contributed by atoms with E-state index in [0.29, 0.717) is 12.0 Å². The van der Waals surface area contributed by atoms with Gasteiger partial charge in [0.25, 0.3) is 0 Å². The molecule has 0 heterocycles. The molecule has 0 bridgehead atoms. The summed E-state index contributed by atoms with van der Waals surface area (Å²) in [5.41, 5.74) is 1.78. The number of hydrogen-bond donors (Lipinski definition) is 1. The van der Waals surface area contributed by atoms with E-state index in [1.165, 1.54) is 6.07 Å². The summed E-state index contributed by atoms with van der Waals surface area (Å²) in [6.45, 7) is 0. The molecular weight excluding hydrogens is 321 g/mol. The molecule has 2 aromatic carbocycles. The molecule has 0 spiro atoms. The first-order chi connectivity index (χ1) is 9.65. The number of rotatable bonds is 5. The van der Waals surface area contributed by atoms with Gasteiger partial charge >= 0.3 is 0 Å². The fourth-order valence-electron chi connectivity index (χ4n) is 2.17. The van der Waals surface area contributed by atoms with E-state index in [4.69, 9.17) is 4.74 Å². The Labute approximate surface area is 127 Å². The monoisotopic (exact) mass is 337 g/mol. The molecule has 2 nitrogen and oxygen atoms in total. The Bertz CT molecular complexity index is 588. The standard InChI is InChI=1S/C16H17BrFNO/c1-19-16(9-11-5-3-4-6-15(11)18)13-8-7-12(20-2)10-14(13)17/h3-8,10,16,19H,9H2,1-2H3. The SMILES string of the molecule is CNC(Cc1ccccc1F)c1ccc(OC)cc1Br. The number of hydrogen-bond acceptors (Lipinski definition) is 2. The highest BCUT2D eigenvalue weighted by Crippen LogP contribution is 2.29. The van der Waals surface area contributed by atoms with Crippen LogP contribution in [-0.4, -0.2) is 14.2 Å². The highest BCUT2D eigenvalue weighted by atomic mass is 79.9. The van der Waals surface area contributed by atoms with Gasteiger partial charge in [0, 0.05) is 10.5 Å². The van der Waals surface area contributed by atoms with E-state index in [1.54, 1.807) is 13.2 Å². The molecule has 0 aliphatic carbocycles. The molecule has 2 aromatic rings. The first kappa shape index (κ1) is 15.0. The van der Waals surface area contributed by atoms with Crippen LogP contribution < -0.4 is 10.1 Å². The van der Waals surface area contributed by atoms with Gasteiger partial charge in [-0.05, 0) is 42.8 Å². The topological polar surface area (TPSA) is 21.3 Å². The van der Waals surface area contributed by atoms with Crippen molar-refractivity contribution >= 4 is 15.9 Å². The van der Waals surface area contributed by atoms with Gasteiger partial charge < -0.3 is 10.1 Å². The van der Waals surface area contributed by atoms with Crippen LogP contribution >= 0.6 is 15.9 Å². The normalized spacial score (nSPS) is 12.2. The third-order valence-electron chi connectivity index (χ3n) is 3.31. The van der Waals surface area contributed by atoms with Crippen LogP contribution in [-0.2, 0) is 6.42 Å². The lowest BCUT2D eigenvalue weighted by atomic mass is 9.98. The summed E-state index contributed by atoms with van der Waals surface area (Å²) < 4.78 is 19.9. The number of ether oxygens (including phenoxy) is 1. The molecule has 0 aromatic heterocycles. The third-order valence-corrected chi connectivity index (χ3v) is 4.00. The van der Waals surface area contributed by atoms with Crippen LogP contribution in [0.1, 0.15) is 17.2 Å². The second-order valence-corrected chi connectivity index (χ2v) is 5.38. The molecule has 0 saturated carbocycles. The van der Waals surface area contributed by atoms with E-state index in [-0.39, 0.29) is 11.9 Å². The minimum atomic E-state index is -0.169. The molecule has 1 N–H and O–H groups in total. The van der Waals surface area contributed by atoms with Crippen molar-refractivity contribution in [3.63, 3.8) is 0 Å². The van der Waals surface area contributed by atoms with E-state index in [2.05, 4.69) is 21.2 Å². The Balaban J connectivity index is 2.27. The minimum absolute atomic E-state index is 0.0344. The van der Waals surface area contributed by atoms with Crippen molar-refractivity contribution in [2.45, 2.75) is 12.5 Å². The van der Waals surface area contributed by atoms with Crippen LogP contribution in [0, 0.1) is 5.82 Å². The third kappa shape index (κ3) is 3.38. The highest BCUT2D eigenvalue weighted by molar-refractivity contribution is 9.10. The van der Waals surface area contributed by atoms with Crippen LogP contribution in [0.2, 0.25) is 0 Å². The van der Waals surface area contributed by atoms with Crippen molar-refractivity contribution in [3.8, 4) is 5.75 Å². The summed E-state index contributed by atoms with van der Waals surface area (Å²) in [6.07, 6.45) is 0.591. The highest BCUT2D eigenvalue weighted by Gasteiger charge is 2.15. The second-order valence-electron chi connectivity index (χ2n) is 4.52. The Morgan fingerprint density at radius 3 is 2.60 bits per heavy atom. The zero-order valence-corrected chi connectivity index (χ0v) is 13.1. The van der Waals surface area contributed by atoms with Crippen molar-refractivity contribution < 1.29 is 9.13 Å². The number of nitrogens with one attached hydrogen (secondary N) is 1. The molecule has 0 aliphatic rings. The number of halogens is 2.